The van der Waals surface area contributed by atoms with Crippen molar-refractivity contribution in [2.24, 2.45) is 7.05 Å². The minimum atomic E-state index is -1.22. The smallest absolute Gasteiger partial charge is 0.147 e. The number of aryl methyl sites for hydroxylation is 1. The molecule has 0 aromatic carbocycles. The van der Waals surface area contributed by atoms with Gasteiger partial charge in [0.25, 0.3) is 0 Å². The summed E-state index contributed by atoms with van der Waals surface area (Å²) in [5.74, 6) is -0.577. The van der Waals surface area contributed by atoms with Crippen LogP contribution in [0.15, 0.2) is 24.5 Å². The molecule has 2 heterocycles. The van der Waals surface area contributed by atoms with Crippen molar-refractivity contribution in [1.29, 1.82) is 0 Å². The molecule has 0 aliphatic heterocycles. The molecule has 0 bridgehead atoms. The first-order valence-corrected chi connectivity index (χ1v) is 4.95. The van der Waals surface area contributed by atoms with Gasteiger partial charge in [-0.1, -0.05) is 11.6 Å². The van der Waals surface area contributed by atoms with E-state index in [0.29, 0.717) is 5.69 Å². The van der Waals surface area contributed by atoms with E-state index in [0.717, 1.165) is 0 Å². The van der Waals surface area contributed by atoms with Gasteiger partial charge < -0.3 is 5.11 Å². The van der Waals surface area contributed by atoms with Gasteiger partial charge in [0, 0.05) is 13.2 Å². The molecule has 0 aliphatic rings. The van der Waals surface area contributed by atoms with Crippen LogP contribution in [0.25, 0.3) is 0 Å². The highest BCUT2D eigenvalue weighted by atomic mass is 35.5. The molecule has 4 nitrogen and oxygen atoms in total. The lowest BCUT2D eigenvalue weighted by Gasteiger charge is -2.11. The maximum Gasteiger partial charge on any atom is 0.147 e. The summed E-state index contributed by atoms with van der Waals surface area (Å²) in [5, 5.41) is 14.1. The summed E-state index contributed by atoms with van der Waals surface area (Å²) >= 11 is 5.85. The molecule has 0 amide bonds. The highest BCUT2D eigenvalue weighted by Gasteiger charge is 2.22. The van der Waals surface area contributed by atoms with Crippen LogP contribution in [0, 0.1) is 5.82 Å². The van der Waals surface area contributed by atoms with Gasteiger partial charge in [0.2, 0.25) is 0 Å². The minimum absolute atomic E-state index is 0.0620. The summed E-state index contributed by atoms with van der Waals surface area (Å²) in [4.78, 5) is 3.79. The van der Waals surface area contributed by atoms with Crippen molar-refractivity contribution < 1.29 is 9.50 Å². The van der Waals surface area contributed by atoms with Crippen molar-refractivity contribution in [2.45, 2.75) is 6.10 Å². The monoisotopic (exact) mass is 241 g/mol. The van der Waals surface area contributed by atoms with E-state index < -0.39 is 11.9 Å². The Morgan fingerprint density at radius 1 is 1.56 bits per heavy atom. The number of hydrogen-bond donors (Lipinski definition) is 1. The van der Waals surface area contributed by atoms with E-state index in [-0.39, 0.29) is 10.7 Å². The molecule has 0 aliphatic carbocycles. The first kappa shape index (κ1) is 11.0. The van der Waals surface area contributed by atoms with Gasteiger partial charge in [-0.25, -0.2) is 4.39 Å². The molecular weight excluding hydrogens is 233 g/mol. The van der Waals surface area contributed by atoms with Gasteiger partial charge in [-0.05, 0) is 12.1 Å². The molecule has 0 saturated carbocycles. The SMILES string of the molecule is Cn1ncc(Cl)c1C(O)c1ncccc1F. The molecular formula is C10H9ClFN3O. The quantitative estimate of drug-likeness (QED) is 0.871. The van der Waals surface area contributed by atoms with Crippen molar-refractivity contribution >= 4 is 11.6 Å². The van der Waals surface area contributed by atoms with E-state index in [4.69, 9.17) is 11.6 Å². The molecule has 0 saturated heterocycles. The maximum absolute atomic E-state index is 13.4. The zero-order chi connectivity index (χ0) is 11.7. The summed E-state index contributed by atoms with van der Waals surface area (Å²) in [5.41, 5.74) is 0.257. The molecule has 2 aromatic heterocycles. The average molecular weight is 242 g/mol. The highest BCUT2D eigenvalue weighted by Crippen LogP contribution is 2.27. The lowest BCUT2D eigenvalue weighted by molar-refractivity contribution is 0.199. The van der Waals surface area contributed by atoms with Gasteiger partial charge in [-0.15, -0.1) is 0 Å². The van der Waals surface area contributed by atoms with Crippen LogP contribution in [-0.4, -0.2) is 19.9 Å². The number of hydrogen-bond acceptors (Lipinski definition) is 3. The van der Waals surface area contributed by atoms with Crippen LogP contribution >= 0.6 is 11.6 Å². The summed E-state index contributed by atoms with van der Waals surface area (Å²) in [6.45, 7) is 0. The lowest BCUT2D eigenvalue weighted by Crippen LogP contribution is -2.10. The third-order valence-corrected chi connectivity index (χ3v) is 2.53. The fourth-order valence-corrected chi connectivity index (χ4v) is 1.73. The number of aromatic nitrogens is 3. The zero-order valence-electron chi connectivity index (χ0n) is 8.43. The number of aliphatic hydroxyl groups is 1. The van der Waals surface area contributed by atoms with Crippen LogP contribution in [0.3, 0.4) is 0 Å². The van der Waals surface area contributed by atoms with Gasteiger partial charge in [-0.3, -0.25) is 9.67 Å². The Balaban J connectivity index is 2.47. The Bertz CT molecular complexity index is 495. The Kier molecular flexibility index (Phi) is 2.89. The van der Waals surface area contributed by atoms with Crippen LogP contribution in [0.4, 0.5) is 4.39 Å². The summed E-state index contributed by atoms with van der Waals surface area (Å²) in [6.07, 6.45) is 1.58. The third-order valence-electron chi connectivity index (χ3n) is 2.24. The van der Waals surface area contributed by atoms with Crippen molar-refractivity contribution in [3.63, 3.8) is 0 Å². The molecule has 0 radical (unpaired) electrons. The van der Waals surface area contributed by atoms with Gasteiger partial charge >= 0.3 is 0 Å². The Hall–Kier alpha value is -1.46. The van der Waals surface area contributed by atoms with E-state index in [1.54, 1.807) is 7.05 Å². The standard InChI is InChI=1S/C10H9ClFN3O/c1-15-9(6(11)5-14-15)10(16)8-7(12)3-2-4-13-8/h2-5,10,16H,1H3. The van der Waals surface area contributed by atoms with Crippen LogP contribution < -0.4 is 0 Å². The van der Waals surface area contributed by atoms with Crippen LogP contribution in [0.2, 0.25) is 5.02 Å². The molecule has 6 heteroatoms. The van der Waals surface area contributed by atoms with Crippen molar-refractivity contribution in [2.75, 3.05) is 0 Å². The normalized spacial score (nSPS) is 12.8. The Labute approximate surface area is 96.3 Å². The highest BCUT2D eigenvalue weighted by molar-refractivity contribution is 6.31. The maximum atomic E-state index is 13.4. The van der Waals surface area contributed by atoms with E-state index in [1.807, 2.05) is 0 Å². The molecule has 0 fully saturated rings. The minimum Gasteiger partial charge on any atom is -0.380 e. The van der Waals surface area contributed by atoms with Gasteiger partial charge in [0.05, 0.1) is 16.9 Å². The topological polar surface area (TPSA) is 50.9 Å². The van der Waals surface area contributed by atoms with Crippen LogP contribution in [0.1, 0.15) is 17.5 Å². The Morgan fingerprint density at radius 2 is 2.31 bits per heavy atom. The fourth-order valence-electron chi connectivity index (χ4n) is 1.46. The molecule has 84 valence electrons. The number of rotatable bonds is 2. The van der Waals surface area contributed by atoms with E-state index in [1.165, 1.54) is 29.2 Å². The largest absolute Gasteiger partial charge is 0.380 e. The van der Waals surface area contributed by atoms with E-state index in [9.17, 15) is 9.50 Å². The predicted molar refractivity (Wildman–Crippen MR) is 56.5 cm³/mol. The molecule has 2 aromatic rings. The molecule has 1 N–H and O–H groups in total. The number of pyridine rings is 1. The summed E-state index contributed by atoms with van der Waals surface area (Å²) < 4.78 is 14.8. The first-order chi connectivity index (χ1) is 7.61. The molecule has 2 rings (SSSR count). The second-order valence-corrected chi connectivity index (χ2v) is 3.68. The summed E-state index contributed by atoms with van der Waals surface area (Å²) in [6, 6.07) is 2.69. The van der Waals surface area contributed by atoms with Crippen molar-refractivity contribution in [3.8, 4) is 0 Å². The third kappa shape index (κ3) is 1.79. The van der Waals surface area contributed by atoms with Crippen molar-refractivity contribution in [3.05, 3.63) is 46.8 Å². The van der Waals surface area contributed by atoms with Gasteiger partial charge in [0.15, 0.2) is 0 Å². The van der Waals surface area contributed by atoms with E-state index >= 15 is 0 Å². The zero-order valence-corrected chi connectivity index (χ0v) is 9.19. The lowest BCUT2D eigenvalue weighted by atomic mass is 10.1. The second kappa shape index (κ2) is 4.19. The number of nitrogens with zero attached hydrogens (tertiary/aromatic N) is 3. The van der Waals surface area contributed by atoms with Crippen molar-refractivity contribution in [1.82, 2.24) is 14.8 Å². The molecule has 0 spiro atoms. The molecule has 1 unspecified atom stereocenters. The molecule has 16 heavy (non-hydrogen) atoms. The van der Waals surface area contributed by atoms with Gasteiger partial charge in [-0.2, -0.15) is 5.10 Å². The summed E-state index contributed by atoms with van der Waals surface area (Å²) in [7, 11) is 1.62. The fraction of sp³-hybridized carbons (Fsp3) is 0.200. The van der Waals surface area contributed by atoms with Gasteiger partial charge in [0.1, 0.15) is 17.6 Å². The van der Waals surface area contributed by atoms with Crippen LogP contribution in [0.5, 0.6) is 0 Å². The second-order valence-electron chi connectivity index (χ2n) is 3.27. The molecule has 1 atom stereocenters. The number of aliphatic hydroxyl groups excluding tert-OH is 1. The number of halogens is 2. The first-order valence-electron chi connectivity index (χ1n) is 4.57. The van der Waals surface area contributed by atoms with E-state index in [2.05, 4.69) is 10.1 Å². The predicted octanol–water partition coefficient (Wildman–Crippen LogP) is 1.69. The Morgan fingerprint density at radius 3 is 2.88 bits per heavy atom. The van der Waals surface area contributed by atoms with Crippen LogP contribution in [-0.2, 0) is 7.05 Å². The average Bonchev–Trinajstić information content (AvgIpc) is 2.58.